The maximum Gasteiger partial charge on any atom is 0.300 e. The van der Waals surface area contributed by atoms with Gasteiger partial charge in [-0.3, -0.25) is 14.5 Å². The van der Waals surface area contributed by atoms with Gasteiger partial charge in [-0.15, -0.1) is 0 Å². The molecule has 0 saturated carbocycles. The molecule has 2 atom stereocenters. The first-order valence-corrected chi connectivity index (χ1v) is 11.4. The minimum Gasteiger partial charge on any atom is -0.481 e. The Morgan fingerprint density at radius 2 is 1.86 bits per heavy atom. The number of aliphatic hydroxyl groups excluding tert-OH is 1. The first kappa shape index (κ1) is 26.7. The van der Waals surface area contributed by atoms with E-state index in [-0.39, 0.29) is 18.0 Å². The monoisotopic (exact) mass is 504 g/mol. The van der Waals surface area contributed by atoms with E-state index >= 15 is 0 Å². The normalized spacial score (nSPS) is 20.9. The minimum absolute atomic E-state index is 0.137. The van der Waals surface area contributed by atoms with Crippen LogP contribution in [0.1, 0.15) is 26.6 Å². The van der Waals surface area contributed by atoms with Crippen molar-refractivity contribution in [3.05, 3.63) is 18.5 Å². The predicted molar refractivity (Wildman–Crippen MR) is 129 cm³/mol. The second kappa shape index (κ2) is 11.3. The number of aryl methyl sites for hydroxylation is 1. The van der Waals surface area contributed by atoms with Crippen molar-refractivity contribution in [2.24, 2.45) is 11.3 Å². The van der Waals surface area contributed by atoms with Gasteiger partial charge in [0.05, 0.1) is 19.5 Å². The number of hydrogen-bond acceptors (Lipinski definition) is 11. The Kier molecular flexibility index (Phi) is 8.37. The fourth-order valence-corrected chi connectivity index (χ4v) is 4.73. The number of aromatic amines is 1. The fourth-order valence-electron chi connectivity index (χ4n) is 4.73. The molecule has 2 saturated heterocycles. The van der Waals surface area contributed by atoms with Crippen LogP contribution in [0, 0.1) is 11.3 Å². The Balaban J connectivity index is 0.000000398. The van der Waals surface area contributed by atoms with Crippen molar-refractivity contribution in [2.75, 3.05) is 43.4 Å². The Labute approximate surface area is 207 Å². The van der Waals surface area contributed by atoms with Gasteiger partial charge < -0.3 is 30.9 Å². The van der Waals surface area contributed by atoms with E-state index in [1.165, 1.54) is 0 Å². The molecule has 0 aliphatic carbocycles. The number of H-pyrrole nitrogens is 1. The molecule has 0 amide bonds. The van der Waals surface area contributed by atoms with Gasteiger partial charge in [0.2, 0.25) is 5.95 Å². The number of carboxylic acids is 2. The quantitative estimate of drug-likeness (QED) is 0.301. The number of imidazole rings is 1. The molecule has 5 heterocycles. The molecule has 15 nitrogen and oxygen atoms in total. The van der Waals surface area contributed by atoms with Crippen LogP contribution >= 0.6 is 0 Å². The van der Waals surface area contributed by atoms with E-state index < -0.39 is 11.9 Å². The van der Waals surface area contributed by atoms with Gasteiger partial charge in [0.25, 0.3) is 11.9 Å². The fraction of sp³-hybridized carbons (Fsp3) is 0.571. The molecular formula is C21H32N10O5. The number of nitrogen functional groups attached to an aromatic ring is 1. The number of likely N-dealkylation sites (tertiary alicyclic amines) is 1. The Morgan fingerprint density at radius 1 is 1.17 bits per heavy atom. The Bertz CT molecular complexity index is 1180. The van der Waals surface area contributed by atoms with Crippen molar-refractivity contribution in [1.29, 1.82) is 0 Å². The van der Waals surface area contributed by atoms with Gasteiger partial charge in [0, 0.05) is 52.0 Å². The van der Waals surface area contributed by atoms with E-state index in [9.17, 15) is 5.11 Å². The second-order valence-corrected chi connectivity index (χ2v) is 8.80. The molecule has 36 heavy (non-hydrogen) atoms. The lowest BCUT2D eigenvalue weighted by Gasteiger charge is -2.27. The third-order valence-electron chi connectivity index (χ3n) is 6.09. The summed E-state index contributed by atoms with van der Waals surface area (Å²) < 4.78 is 1.92. The highest BCUT2D eigenvalue weighted by molar-refractivity contribution is 5.84. The van der Waals surface area contributed by atoms with Crippen molar-refractivity contribution >= 4 is 34.9 Å². The van der Waals surface area contributed by atoms with Crippen LogP contribution in [0.3, 0.4) is 0 Å². The zero-order valence-electron chi connectivity index (χ0n) is 20.5. The lowest BCUT2D eigenvalue weighted by molar-refractivity contribution is -0.135. The molecule has 2 aliphatic heterocycles. The number of nitrogens with one attached hydrogen (secondary N) is 1. The topological polar surface area (TPSA) is 212 Å². The van der Waals surface area contributed by atoms with Gasteiger partial charge in [-0.2, -0.15) is 15.1 Å². The first-order chi connectivity index (χ1) is 17.1. The van der Waals surface area contributed by atoms with Gasteiger partial charge in [0.15, 0.2) is 11.5 Å². The minimum atomic E-state index is -0.833. The summed E-state index contributed by atoms with van der Waals surface area (Å²) in [4.78, 5) is 42.9. The summed E-state index contributed by atoms with van der Waals surface area (Å²) in [6, 6.07) is 0. The van der Waals surface area contributed by atoms with Crippen LogP contribution in [-0.4, -0.2) is 99.6 Å². The van der Waals surface area contributed by atoms with Crippen LogP contribution in [-0.2, 0) is 22.7 Å². The smallest absolute Gasteiger partial charge is 0.300 e. The number of hydrogen-bond donors (Lipinski definition) is 5. The van der Waals surface area contributed by atoms with Crippen molar-refractivity contribution in [2.45, 2.75) is 33.9 Å². The maximum absolute atomic E-state index is 10.3. The molecule has 0 bridgehead atoms. The molecule has 2 aliphatic rings. The number of rotatable bonds is 5. The highest BCUT2D eigenvalue weighted by atomic mass is 16.4. The molecular weight excluding hydrogens is 472 g/mol. The number of aliphatic hydroxyl groups is 1. The third-order valence-corrected chi connectivity index (χ3v) is 6.09. The summed E-state index contributed by atoms with van der Waals surface area (Å²) in [6.45, 7) is 9.16. The van der Waals surface area contributed by atoms with Gasteiger partial charge in [0.1, 0.15) is 17.7 Å². The molecule has 3 aromatic heterocycles. The van der Waals surface area contributed by atoms with Gasteiger partial charge in [-0.05, 0) is 12.8 Å². The van der Waals surface area contributed by atoms with E-state index in [0.717, 1.165) is 70.3 Å². The standard InChI is InChI=1S/C17H24N10O.2C2H4O2/c1-2-27-12(19-10-22-27)5-25-3-11-4-26(7-17(11,6-25)8-28)15-13-14(21-9-20-13)23-16(18)24-15;2*1-2(3)4/h9-11,28H,2-8H2,1H3,(H3,18,20,21,23,24);2*1H3,(H,3,4). The molecule has 15 heteroatoms. The molecule has 2 fully saturated rings. The number of fused-ring (bicyclic) bond motifs is 2. The Morgan fingerprint density at radius 3 is 2.47 bits per heavy atom. The van der Waals surface area contributed by atoms with Crippen LogP contribution in [0.25, 0.3) is 11.2 Å². The van der Waals surface area contributed by atoms with Crippen molar-refractivity contribution in [1.82, 2.24) is 39.6 Å². The lowest BCUT2D eigenvalue weighted by atomic mass is 9.82. The average molecular weight is 505 g/mol. The number of carbonyl (C=O) groups is 2. The number of carboxylic acid groups (broad SMARTS) is 2. The number of aliphatic carboxylic acids is 2. The molecule has 0 aromatic carbocycles. The maximum atomic E-state index is 10.3. The lowest BCUT2D eigenvalue weighted by Crippen LogP contribution is -2.37. The zero-order valence-corrected chi connectivity index (χ0v) is 20.5. The van der Waals surface area contributed by atoms with E-state index in [1.54, 1.807) is 12.7 Å². The first-order valence-electron chi connectivity index (χ1n) is 11.4. The average Bonchev–Trinajstić information content (AvgIpc) is 3.55. The van der Waals surface area contributed by atoms with Crippen molar-refractivity contribution in [3.63, 3.8) is 0 Å². The summed E-state index contributed by atoms with van der Waals surface area (Å²) in [6.07, 6.45) is 3.21. The second-order valence-electron chi connectivity index (χ2n) is 8.80. The molecule has 2 unspecified atom stereocenters. The van der Waals surface area contributed by atoms with Crippen LogP contribution in [0.15, 0.2) is 12.7 Å². The molecule has 5 rings (SSSR count). The van der Waals surface area contributed by atoms with E-state index in [2.05, 4.69) is 46.7 Å². The van der Waals surface area contributed by atoms with Crippen LogP contribution in [0.4, 0.5) is 11.8 Å². The highest BCUT2D eigenvalue weighted by Gasteiger charge is 2.52. The van der Waals surface area contributed by atoms with Crippen LogP contribution in [0.2, 0.25) is 0 Å². The Hall–Kier alpha value is -3.85. The third kappa shape index (κ3) is 6.04. The number of aromatic nitrogens is 7. The van der Waals surface area contributed by atoms with Crippen LogP contribution in [0.5, 0.6) is 0 Å². The van der Waals surface area contributed by atoms with Crippen molar-refractivity contribution in [3.8, 4) is 0 Å². The SMILES string of the molecule is CC(=O)O.CC(=O)O.CCn1ncnc1CN1CC2CN(c3nc(N)nc4nc[nH]c34)CC2(CO)C1. The number of anilines is 2. The summed E-state index contributed by atoms with van der Waals surface area (Å²) in [5, 5.41) is 29.4. The van der Waals surface area contributed by atoms with E-state index in [1.807, 2.05) is 4.68 Å². The number of nitrogens with zero attached hydrogens (tertiary/aromatic N) is 8. The molecule has 6 N–H and O–H groups in total. The largest absolute Gasteiger partial charge is 0.481 e. The van der Waals surface area contributed by atoms with E-state index in [0.29, 0.717) is 11.6 Å². The molecule has 196 valence electrons. The van der Waals surface area contributed by atoms with E-state index in [4.69, 9.17) is 25.5 Å². The number of nitrogens with two attached hydrogens (primary N) is 1. The van der Waals surface area contributed by atoms with Crippen LogP contribution < -0.4 is 10.6 Å². The summed E-state index contributed by atoms with van der Waals surface area (Å²) in [7, 11) is 0. The summed E-state index contributed by atoms with van der Waals surface area (Å²) >= 11 is 0. The van der Waals surface area contributed by atoms with Crippen molar-refractivity contribution < 1.29 is 24.9 Å². The summed E-state index contributed by atoms with van der Waals surface area (Å²) in [5.41, 5.74) is 7.05. The van der Waals surface area contributed by atoms with Gasteiger partial charge in [-0.25, -0.2) is 14.6 Å². The predicted octanol–water partition coefficient (Wildman–Crippen LogP) is -0.341. The molecule has 3 aromatic rings. The highest BCUT2D eigenvalue weighted by Crippen LogP contribution is 2.44. The molecule has 0 radical (unpaired) electrons. The van der Waals surface area contributed by atoms with Gasteiger partial charge >= 0.3 is 0 Å². The summed E-state index contributed by atoms with van der Waals surface area (Å²) in [5.74, 6) is 0.615. The zero-order chi connectivity index (χ0) is 26.5. The van der Waals surface area contributed by atoms with Gasteiger partial charge in [-0.1, -0.05) is 0 Å². The molecule has 0 spiro atoms.